The van der Waals surface area contributed by atoms with Crippen LogP contribution in [0.2, 0.25) is 0 Å². The SMILES string of the molecule is COC1(F)CCCN1C(=O)OC(C)(C)C. The lowest BCUT2D eigenvalue weighted by molar-refractivity contribution is -0.198. The van der Waals surface area contributed by atoms with E-state index >= 15 is 0 Å². The van der Waals surface area contributed by atoms with Gasteiger partial charge in [0.05, 0.1) is 0 Å². The van der Waals surface area contributed by atoms with Crippen molar-refractivity contribution in [3.63, 3.8) is 0 Å². The predicted octanol–water partition coefficient (Wildman–Crippen LogP) is 2.29. The minimum Gasteiger partial charge on any atom is -0.444 e. The number of hydrogen-bond acceptors (Lipinski definition) is 3. The van der Waals surface area contributed by atoms with Gasteiger partial charge in [0.15, 0.2) is 0 Å². The third-order valence-corrected chi connectivity index (χ3v) is 2.20. The van der Waals surface area contributed by atoms with E-state index in [1.807, 2.05) is 0 Å². The summed E-state index contributed by atoms with van der Waals surface area (Å²) in [5.74, 6) is -2.00. The lowest BCUT2D eigenvalue weighted by Crippen LogP contribution is -2.47. The van der Waals surface area contributed by atoms with Crippen LogP contribution in [0.1, 0.15) is 33.6 Å². The van der Waals surface area contributed by atoms with Crippen molar-refractivity contribution in [2.24, 2.45) is 0 Å². The highest BCUT2D eigenvalue weighted by Crippen LogP contribution is 2.32. The van der Waals surface area contributed by atoms with Gasteiger partial charge in [-0.2, -0.15) is 4.39 Å². The number of rotatable bonds is 1. The molecule has 1 aliphatic rings. The van der Waals surface area contributed by atoms with Crippen LogP contribution >= 0.6 is 0 Å². The van der Waals surface area contributed by atoms with Gasteiger partial charge in [-0.3, -0.25) is 4.90 Å². The van der Waals surface area contributed by atoms with E-state index in [0.29, 0.717) is 13.0 Å². The number of halogens is 1. The zero-order chi connectivity index (χ0) is 11.7. The van der Waals surface area contributed by atoms with Crippen molar-refractivity contribution in [3.05, 3.63) is 0 Å². The Hall–Kier alpha value is -0.840. The summed E-state index contributed by atoms with van der Waals surface area (Å²) in [7, 11) is 1.25. The highest BCUT2D eigenvalue weighted by Gasteiger charge is 2.46. The van der Waals surface area contributed by atoms with Crippen LogP contribution in [0.15, 0.2) is 0 Å². The summed E-state index contributed by atoms with van der Waals surface area (Å²) in [6.07, 6.45) is 0.121. The van der Waals surface area contributed by atoms with Crippen LogP contribution in [0.25, 0.3) is 0 Å². The molecule has 1 unspecified atom stereocenters. The summed E-state index contributed by atoms with van der Waals surface area (Å²) in [5.41, 5.74) is -0.617. The van der Waals surface area contributed by atoms with Gasteiger partial charge in [-0.15, -0.1) is 0 Å². The number of nitrogens with zero attached hydrogens (tertiary/aromatic N) is 1. The third kappa shape index (κ3) is 2.81. The summed E-state index contributed by atoms with van der Waals surface area (Å²) >= 11 is 0. The summed E-state index contributed by atoms with van der Waals surface area (Å²) in [5, 5.41) is 0. The molecule has 1 aliphatic heterocycles. The van der Waals surface area contributed by atoms with Crippen molar-refractivity contribution in [2.75, 3.05) is 13.7 Å². The lowest BCUT2D eigenvalue weighted by atomic mass is 10.2. The Labute approximate surface area is 89.3 Å². The van der Waals surface area contributed by atoms with Crippen molar-refractivity contribution in [3.8, 4) is 0 Å². The number of carbonyl (C=O) groups excluding carboxylic acids is 1. The molecule has 1 heterocycles. The second-order valence-electron chi connectivity index (χ2n) is 4.63. The van der Waals surface area contributed by atoms with Crippen molar-refractivity contribution in [1.29, 1.82) is 0 Å². The van der Waals surface area contributed by atoms with E-state index in [0.717, 1.165) is 4.90 Å². The summed E-state index contributed by atoms with van der Waals surface area (Å²) in [6, 6.07) is 0. The average molecular weight is 219 g/mol. The molecule has 0 saturated carbocycles. The molecule has 88 valence electrons. The standard InChI is InChI=1S/C10H18FNO3/c1-9(2,3)15-8(13)12-7-5-6-10(12,11)14-4/h5-7H2,1-4H3. The average Bonchev–Trinajstić information content (AvgIpc) is 2.45. The fourth-order valence-electron chi connectivity index (χ4n) is 1.51. The normalized spacial score (nSPS) is 26.9. The van der Waals surface area contributed by atoms with Gasteiger partial charge in [0.25, 0.3) is 5.98 Å². The van der Waals surface area contributed by atoms with Crippen molar-refractivity contribution >= 4 is 6.09 Å². The largest absolute Gasteiger partial charge is 0.444 e. The van der Waals surface area contributed by atoms with E-state index in [4.69, 9.17) is 9.47 Å². The molecule has 1 atom stereocenters. The second-order valence-corrected chi connectivity index (χ2v) is 4.63. The first-order valence-corrected chi connectivity index (χ1v) is 5.03. The van der Waals surface area contributed by atoms with E-state index in [2.05, 4.69) is 0 Å². The van der Waals surface area contributed by atoms with Gasteiger partial charge in [0.1, 0.15) is 5.60 Å². The Kier molecular flexibility index (Phi) is 3.23. The molecule has 4 nitrogen and oxygen atoms in total. The Morgan fingerprint density at radius 1 is 1.47 bits per heavy atom. The quantitative estimate of drug-likeness (QED) is 0.635. The molecule has 0 aliphatic carbocycles. The highest BCUT2D eigenvalue weighted by molar-refractivity contribution is 5.69. The van der Waals surface area contributed by atoms with Crippen LogP contribution < -0.4 is 0 Å². The van der Waals surface area contributed by atoms with Crippen molar-refractivity contribution in [1.82, 2.24) is 4.90 Å². The Bertz CT molecular complexity index is 252. The molecular formula is C10H18FNO3. The van der Waals surface area contributed by atoms with Crippen molar-refractivity contribution in [2.45, 2.75) is 45.2 Å². The molecule has 15 heavy (non-hydrogen) atoms. The van der Waals surface area contributed by atoms with E-state index in [-0.39, 0.29) is 6.42 Å². The fourth-order valence-corrected chi connectivity index (χ4v) is 1.51. The van der Waals surface area contributed by atoms with Crippen molar-refractivity contribution < 1.29 is 18.7 Å². The molecule has 1 amide bonds. The zero-order valence-corrected chi connectivity index (χ0v) is 9.67. The van der Waals surface area contributed by atoms with Crippen LogP contribution in [0, 0.1) is 0 Å². The number of amides is 1. The monoisotopic (exact) mass is 219 g/mol. The molecule has 0 aromatic carbocycles. The molecule has 0 spiro atoms. The predicted molar refractivity (Wildman–Crippen MR) is 53.0 cm³/mol. The van der Waals surface area contributed by atoms with E-state index in [9.17, 15) is 9.18 Å². The minimum atomic E-state index is -2.00. The molecule has 0 bridgehead atoms. The molecule has 0 radical (unpaired) electrons. The lowest BCUT2D eigenvalue weighted by Gasteiger charge is -2.31. The molecular weight excluding hydrogens is 201 g/mol. The summed E-state index contributed by atoms with van der Waals surface area (Å²) < 4.78 is 23.7. The number of alkyl halides is 1. The zero-order valence-electron chi connectivity index (χ0n) is 9.67. The maximum absolute atomic E-state index is 13.9. The van der Waals surface area contributed by atoms with E-state index < -0.39 is 17.7 Å². The molecule has 1 fully saturated rings. The minimum absolute atomic E-state index is 0.197. The first-order valence-electron chi connectivity index (χ1n) is 5.03. The number of carbonyl (C=O) groups is 1. The number of likely N-dealkylation sites (tertiary alicyclic amines) is 1. The Morgan fingerprint density at radius 2 is 2.07 bits per heavy atom. The highest BCUT2D eigenvalue weighted by atomic mass is 19.2. The Morgan fingerprint density at radius 3 is 2.53 bits per heavy atom. The van der Waals surface area contributed by atoms with Gasteiger partial charge in [-0.25, -0.2) is 4.79 Å². The van der Waals surface area contributed by atoms with Crippen LogP contribution in [0.3, 0.4) is 0 Å². The van der Waals surface area contributed by atoms with E-state index in [1.54, 1.807) is 20.8 Å². The van der Waals surface area contributed by atoms with Crippen LogP contribution in [-0.4, -0.2) is 36.2 Å². The molecule has 0 N–H and O–H groups in total. The van der Waals surface area contributed by atoms with Crippen LogP contribution in [-0.2, 0) is 9.47 Å². The molecule has 0 aromatic rings. The Balaban J connectivity index is 2.67. The smallest absolute Gasteiger partial charge is 0.414 e. The third-order valence-electron chi connectivity index (χ3n) is 2.20. The molecule has 1 saturated heterocycles. The molecule has 1 rings (SSSR count). The van der Waals surface area contributed by atoms with Crippen LogP contribution in [0.5, 0.6) is 0 Å². The maximum atomic E-state index is 13.9. The molecule has 0 aromatic heterocycles. The summed E-state index contributed by atoms with van der Waals surface area (Å²) in [4.78, 5) is 12.6. The molecule has 5 heteroatoms. The van der Waals surface area contributed by atoms with Gasteiger partial charge in [0.2, 0.25) is 0 Å². The number of ether oxygens (including phenoxy) is 2. The van der Waals surface area contributed by atoms with Gasteiger partial charge in [-0.1, -0.05) is 0 Å². The van der Waals surface area contributed by atoms with Crippen LogP contribution in [0.4, 0.5) is 9.18 Å². The summed E-state index contributed by atoms with van der Waals surface area (Å²) in [6.45, 7) is 5.56. The maximum Gasteiger partial charge on any atom is 0.414 e. The second kappa shape index (κ2) is 3.96. The number of methoxy groups -OCH3 is 1. The first-order chi connectivity index (χ1) is 6.78. The van der Waals surface area contributed by atoms with E-state index in [1.165, 1.54) is 7.11 Å². The first kappa shape index (κ1) is 12.2. The fraction of sp³-hybridized carbons (Fsp3) is 0.900. The topological polar surface area (TPSA) is 38.8 Å². The van der Waals surface area contributed by atoms with Gasteiger partial charge >= 0.3 is 6.09 Å². The van der Waals surface area contributed by atoms with Gasteiger partial charge in [0, 0.05) is 20.1 Å². The number of hydrogen-bond donors (Lipinski definition) is 0. The van der Waals surface area contributed by atoms with Gasteiger partial charge < -0.3 is 9.47 Å². The van der Waals surface area contributed by atoms with Gasteiger partial charge in [-0.05, 0) is 27.2 Å².